The average Bonchev–Trinajstić information content (AvgIpc) is 2.08. The van der Waals surface area contributed by atoms with Crippen LogP contribution in [-0.2, 0) is 4.79 Å². The first-order valence-corrected chi connectivity index (χ1v) is 5.31. The van der Waals surface area contributed by atoms with E-state index in [-0.39, 0.29) is 5.91 Å². The minimum Gasteiger partial charge on any atom is -0.346 e. The Bertz CT molecular complexity index is 171. The summed E-state index contributed by atoms with van der Waals surface area (Å²) in [4.78, 5) is 12.9. The zero-order valence-corrected chi connectivity index (χ0v) is 9.05. The quantitative estimate of drug-likeness (QED) is 0.643. The first-order valence-electron chi connectivity index (χ1n) is 5.31. The third kappa shape index (κ3) is 3.37. The first-order chi connectivity index (χ1) is 6.09. The van der Waals surface area contributed by atoms with Crippen molar-refractivity contribution in [2.45, 2.75) is 39.5 Å². The van der Waals surface area contributed by atoms with Gasteiger partial charge in [-0.3, -0.25) is 4.79 Å². The predicted molar refractivity (Wildman–Crippen MR) is 54.4 cm³/mol. The second kappa shape index (κ2) is 4.64. The van der Waals surface area contributed by atoms with Gasteiger partial charge in [0.2, 0.25) is 5.91 Å². The van der Waals surface area contributed by atoms with E-state index < -0.39 is 0 Å². The Balaban J connectivity index is 2.26. The molecule has 76 valence electrons. The van der Waals surface area contributed by atoms with Crippen LogP contribution in [0.15, 0.2) is 0 Å². The summed E-state index contributed by atoms with van der Waals surface area (Å²) < 4.78 is 0. The molecule has 1 amide bonds. The van der Waals surface area contributed by atoms with Crippen molar-refractivity contribution in [3.8, 4) is 0 Å². The van der Waals surface area contributed by atoms with Gasteiger partial charge in [-0.1, -0.05) is 19.8 Å². The van der Waals surface area contributed by atoms with Crippen LogP contribution < -0.4 is 0 Å². The van der Waals surface area contributed by atoms with Gasteiger partial charge < -0.3 is 4.90 Å². The molecular weight excluding hydrogens is 162 g/mol. The molecule has 1 rings (SSSR count). The Morgan fingerprint density at radius 3 is 2.31 bits per heavy atom. The Kier molecular flexibility index (Phi) is 3.76. The van der Waals surface area contributed by atoms with Crippen LogP contribution in [0.2, 0.25) is 0 Å². The lowest BCUT2D eigenvalue weighted by atomic mass is 9.83. The Morgan fingerprint density at radius 1 is 1.31 bits per heavy atom. The zero-order valence-electron chi connectivity index (χ0n) is 9.05. The zero-order chi connectivity index (χ0) is 9.84. The van der Waals surface area contributed by atoms with E-state index in [2.05, 4.69) is 6.92 Å². The molecule has 0 unspecified atom stereocenters. The van der Waals surface area contributed by atoms with Gasteiger partial charge in [0.15, 0.2) is 0 Å². The van der Waals surface area contributed by atoms with Gasteiger partial charge in [-0.05, 0) is 24.7 Å². The monoisotopic (exact) mass is 183 g/mol. The lowest BCUT2D eigenvalue weighted by molar-refractivity contribution is -0.128. The van der Waals surface area contributed by atoms with Gasteiger partial charge in [0, 0.05) is 20.5 Å². The summed E-state index contributed by atoms with van der Waals surface area (Å²) in [5, 5.41) is 0. The maximum absolute atomic E-state index is 11.0. The highest BCUT2D eigenvalue weighted by Gasteiger charge is 2.19. The van der Waals surface area contributed by atoms with Gasteiger partial charge in [0.25, 0.3) is 0 Å². The Labute approximate surface area is 81.3 Å². The van der Waals surface area contributed by atoms with Crippen LogP contribution in [0.1, 0.15) is 39.5 Å². The molecule has 0 heterocycles. The molecule has 2 heteroatoms. The second-order valence-corrected chi connectivity index (χ2v) is 4.53. The van der Waals surface area contributed by atoms with Gasteiger partial charge in [-0.25, -0.2) is 0 Å². The van der Waals surface area contributed by atoms with Crippen molar-refractivity contribution in [2.24, 2.45) is 11.8 Å². The van der Waals surface area contributed by atoms with Gasteiger partial charge in [0.05, 0.1) is 0 Å². The standard InChI is InChI=1S/C11H21NO/c1-9-4-6-11(7-5-9)8-12(3)10(2)13/h9,11H,4-8H2,1-3H3/t9-,11-. The van der Waals surface area contributed by atoms with Crippen LogP contribution in [-0.4, -0.2) is 24.4 Å². The van der Waals surface area contributed by atoms with Crippen molar-refractivity contribution in [2.75, 3.05) is 13.6 Å². The highest BCUT2D eigenvalue weighted by Crippen LogP contribution is 2.28. The summed E-state index contributed by atoms with van der Waals surface area (Å²) in [6.45, 7) is 4.93. The number of rotatable bonds is 2. The molecular formula is C11H21NO. The molecule has 13 heavy (non-hydrogen) atoms. The van der Waals surface area contributed by atoms with Crippen molar-refractivity contribution < 1.29 is 4.79 Å². The third-order valence-electron chi connectivity index (χ3n) is 3.21. The molecule has 0 radical (unpaired) electrons. The third-order valence-corrected chi connectivity index (χ3v) is 3.21. The summed E-state index contributed by atoms with van der Waals surface area (Å²) in [5.41, 5.74) is 0. The fourth-order valence-corrected chi connectivity index (χ4v) is 2.03. The molecule has 0 aromatic carbocycles. The van der Waals surface area contributed by atoms with Crippen molar-refractivity contribution in [1.29, 1.82) is 0 Å². The van der Waals surface area contributed by atoms with Crippen LogP contribution in [0.4, 0.5) is 0 Å². The molecule has 0 aliphatic heterocycles. The Hall–Kier alpha value is -0.530. The van der Waals surface area contributed by atoms with E-state index in [1.807, 2.05) is 11.9 Å². The Morgan fingerprint density at radius 2 is 1.85 bits per heavy atom. The van der Waals surface area contributed by atoms with Crippen LogP contribution >= 0.6 is 0 Å². The number of carbonyl (C=O) groups is 1. The molecule has 1 aliphatic rings. The van der Waals surface area contributed by atoms with E-state index in [0.717, 1.165) is 18.4 Å². The van der Waals surface area contributed by atoms with E-state index in [9.17, 15) is 4.79 Å². The van der Waals surface area contributed by atoms with Crippen LogP contribution in [0, 0.1) is 11.8 Å². The lowest BCUT2D eigenvalue weighted by Crippen LogP contribution is -2.31. The SMILES string of the molecule is CC(=O)N(C)C[C@H]1CC[C@H](C)CC1. The molecule has 0 spiro atoms. The molecule has 0 N–H and O–H groups in total. The maximum Gasteiger partial charge on any atom is 0.219 e. The minimum atomic E-state index is 0.193. The van der Waals surface area contributed by atoms with Crippen molar-refractivity contribution in [1.82, 2.24) is 4.90 Å². The molecule has 0 bridgehead atoms. The maximum atomic E-state index is 11.0. The summed E-state index contributed by atoms with van der Waals surface area (Å²) >= 11 is 0. The predicted octanol–water partition coefficient (Wildman–Crippen LogP) is 2.29. The number of hydrogen-bond acceptors (Lipinski definition) is 1. The number of amides is 1. The summed E-state index contributed by atoms with van der Waals surface area (Å²) in [5.74, 6) is 1.85. The molecule has 0 atom stereocenters. The largest absolute Gasteiger partial charge is 0.346 e. The molecule has 1 fully saturated rings. The van der Waals surface area contributed by atoms with Crippen molar-refractivity contribution in [3.05, 3.63) is 0 Å². The molecule has 0 aromatic rings. The topological polar surface area (TPSA) is 20.3 Å². The molecule has 1 aliphatic carbocycles. The fourth-order valence-electron chi connectivity index (χ4n) is 2.03. The van der Waals surface area contributed by atoms with E-state index in [1.165, 1.54) is 25.7 Å². The smallest absolute Gasteiger partial charge is 0.219 e. The molecule has 2 nitrogen and oxygen atoms in total. The van der Waals surface area contributed by atoms with Gasteiger partial charge in [-0.2, -0.15) is 0 Å². The normalized spacial score (nSPS) is 28.5. The summed E-state index contributed by atoms with van der Waals surface area (Å²) in [6, 6.07) is 0. The number of hydrogen-bond donors (Lipinski definition) is 0. The summed E-state index contributed by atoms with van der Waals surface area (Å²) in [6.07, 6.45) is 5.30. The van der Waals surface area contributed by atoms with Gasteiger partial charge >= 0.3 is 0 Å². The fraction of sp³-hybridized carbons (Fsp3) is 0.909. The first kappa shape index (κ1) is 10.6. The van der Waals surface area contributed by atoms with Crippen molar-refractivity contribution in [3.63, 3.8) is 0 Å². The van der Waals surface area contributed by atoms with Gasteiger partial charge in [-0.15, -0.1) is 0 Å². The van der Waals surface area contributed by atoms with Crippen molar-refractivity contribution >= 4 is 5.91 Å². The highest BCUT2D eigenvalue weighted by molar-refractivity contribution is 5.72. The van der Waals surface area contributed by atoms with E-state index in [1.54, 1.807) is 6.92 Å². The van der Waals surface area contributed by atoms with Crippen LogP contribution in [0.5, 0.6) is 0 Å². The second-order valence-electron chi connectivity index (χ2n) is 4.53. The lowest BCUT2D eigenvalue weighted by Gasteiger charge is -2.29. The van der Waals surface area contributed by atoms with E-state index in [4.69, 9.17) is 0 Å². The van der Waals surface area contributed by atoms with Crippen LogP contribution in [0.25, 0.3) is 0 Å². The molecule has 0 aromatic heterocycles. The number of carbonyl (C=O) groups excluding carboxylic acids is 1. The summed E-state index contributed by atoms with van der Waals surface area (Å²) in [7, 11) is 1.90. The number of nitrogens with zero attached hydrogens (tertiary/aromatic N) is 1. The van der Waals surface area contributed by atoms with Crippen LogP contribution in [0.3, 0.4) is 0 Å². The average molecular weight is 183 g/mol. The molecule has 0 saturated heterocycles. The van der Waals surface area contributed by atoms with E-state index in [0.29, 0.717) is 0 Å². The minimum absolute atomic E-state index is 0.193. The van der Waals surface area contributed by atoms with Gasteiger partial charge in [0.1, 0.15) is 0 Å². The molecule has 1 saturated carbocycles. The van der Waals surface area contributed by atoms with E-state index >= 15 is 0 Å². The highest BCUT2D eigenvalue weighted by atomic mass is 16.2.